The van der Waals surface area contributed by atoms with E-state index in [1.165, 1.54) is 0 Å². The van der Waals surface area contributed by atoms with Crippen LogP contribution in [0.1, 0.15) is 24.5 Å². The molecule has 0 radical (unpaired) electrons. The lowest BCUT2D eigenvalue weighted by Crippen LogP contribution is -2.06. The maximum Gasteiger partial charge on any atom is 0.338 e. The van der Waals surface area contributed by atoms with Gasteiger partial charge >= 0.3 is 5.97 Å². The fraction of sp³-hybridized carbons (Fsp3) is 0.150. The third-order valence-electron chi connectivity index (χ3n) is 3.15. The molecule has 2 heteroatoms. The highest BCUT2D eigenvalue weighted by Gasteiger charge is 2.11. The summed E-state index contributed by atoms with van der Waals surface area (Å²) in [5, 5.41) is 0. The highest BCUT2D eigenvalue weighted by Crippen LogP contribution is 2.17. The van der Waals surface area contributed by atoms with Crippen LogP contribution >= 0.6 is 0 Å². The Morgan fingerprint density at radius 3 is 2.27 bits per heavy atom. The monoisotopic (exact) mass is 292 g/mol. The standard InChI is InChI=1S/C20H20O2/c1-2-22-20(21)19(18-14-7-4-8-15-18)16-10-9-13-17-11-5-3-6-12-17/h3-9,11-16H,2,10H2,1H3/b13-9+,19-16+. The van der Waals surface area contributed by atoms with E-state index in [1.54, 1.807) is 0 Å². The number of benzene rings is 2. The molecule has 0 unspecified atom stereocenters. The van der Waals surface area contributed by atoms with Gasteiger partial charge in [-0.3, -0.25) is 0 Å². The topological polar surface area (TPSA) is 26.3 Å². The van der Waals surface area contributed by atoms with Crippen molar-refractivity contribution in [1.82, 2.24) is 0 Å². The minimum Gasteiger partial charge on any atom is -0.462 e. The predicted octanol–water partition coefficient (Wildman–Crippen LogP) is 4.74. The summed E-state index contributed by atoms with van der Waals surface area (Å²) in [7, 11) is 0. The van der Waals surface area contributed by atoms with Crippen molar-refractivity contribution in [2.45, 2.75) is 13.3 Å². The Bertz CT molecular complexity index is 640. The van der Waals surface area contributed by atoms with Gasteiger partial charge in [-0.15, -0.1) is 0 Å². The number of ether oxygens (including phenoxy) is 1. The molecule has 0 spiro atoms. The summed E-state index contributed by atoms with van der Waals surface area (Å²) in [4.78, 5) is 12.1. The van der Waals surface area contributed by atoms with E-state index >= 15 is 0 Å². The lowest BCUT2D eigenvalue weighted by Gasteiger charge is -2.06. The summed E-state index contributed by atoms with van der Waals surface area (Å²) in [6.07, 6.45) is 6.67. The molecule has 0 N–H and O–H groups in total. The molecular formula is C20H20O2. The van der Waals surface area contributed by atoms with Crippen molar-refractivity contribution in [3.8, 4) is 0 Å². The van der Waals surface area contributed by atoms with Crippen molar-refractivity contribution >= 4 is 17.6 Å². The molecule has 2 aromatic carbocycles. The van der Waals surface area contributed by atoms with E-state index in [2.05, 4.69) is 0 Å². The van der Waals surface area contributed by atoms with E-state index in [0.717, 1.165) is 11.1 Å². The number of hydrogen-bond donors (Lipinski definition) is 0. The van der Waals surface area contributed by atoms with Crippen molar-refractivity contribution < 1.29 is 9.53 Å². The van der Waals surface area contributed by atoms with E-state index < -0.39 is 0 Å². The Hall–Kier alpha value is -2.61. The van der Waals surface area contributed by atoms with Crippen molar-refractivity contribution in [3.05, 3.63) is 83.9 Å². The molecule has 0 aliphatic rings. The van der Waals surface area contributed by atoms with Gasteiger partial charge in [0, 0.05) is 0 Å². The van der Waals surface area contributed by atoms with Crippen molar-refractivity contribution in [2.75, 3.05) is 6.61 Å². The van der Waals surface area contributed by atoms with E-state index in [9.17, 15) is 4.79 Å². The molecule has 2 aromatic rings. The molecule has 0 saturated carbocycles. The second-order valence-electron chi connectivity index (χ2n) is 4.75. The maximum absolute atomic E-state index is 12.1. The first-order chi connectivity index (χ1) is 10.8. The normalized spacial score (nSPS) is 11.6. The van der Waals surface area contributed by atoms with Crippen LogP contribution in [0.5, 0.6) is 0 Å². The number of esters is 1. The van der Waals surface area contributed by atoms with E-state index in [0.29, 0.717) is 18.6 Å². The highest BCUT2D eigenvalue weighted by molar-refractivity contribution is 6.16. The molecule has 0 atom stereocenters. The van der Waals surface area contributed by atoms with Crippen LogP contribution in [-0.2, 0) is 9.53 Å². The zero-order valence-corrected chi connectivity index (χ0v) is 12.7. The number of hydrogen-bond acceptors (Lipinski definition) is 2. The molecule has 0 aromatic heterocycles. The molecule has 112 valence electrons. The zero-order valence-electron chi connectivity index (χ0n) is 12.7. The Balaban J connectivity index is 2.11. The third-order valence-corrected chi connectivity index (χ3v) is 3.15. The van der Waals surface area contributed by atoms with Crippen molar-refractivity contribution in [1.29, 1.82) is 0 Å². The number of rotatable bonds is 6. The number of carbonyl (C=O) groups is 1. The molecule has 22 heavy (non-hydrogen) atoms. The SMILES string of the molecule is CCOC(=O)/C(=C/C/C=C/c1ccccc1)c1ccccc1. The second-order valence-corrected chi connectivity index (χ2v) is 4.75. The first-order valence-electron chi connectivity index (χ1n) is 7.45. The maximum atomic E-state index is 12.1. The Morgan fingerprint density at radius 2 is 1.64 bits per heavy atom. The summed E-state index contributed by atoms with van der Waals surface area (Å²) in [6.45, 7) is 2.19. The quantitative estimate of drug-likeness (QED) is 0.568. The average molecular weight is 292 g/mol. The predicted molar refractivity (Wildman–Crippen MR) is 91.1 cm³/mol. The summed E-state index contributed by atoms with van der Waals surface area (Å²) in [5.74, 6) is -0.276. The molecule has 0 heterocycles. The Labute approximate surface area is 131 Å². The summed E-state index contributed by atoms with van der Waals surface area (Å²) < 4.78 is 5.14. The van der Waals surface area contributed by atoms with Crippen LogP contribution in [0.25, 0.3) is 11.6 Å². The van der Waals surface area contributed by atoms with Gasteiger partial charge in [0.25, 0.3) is 0 Å². The van der Waals surface area contributed by atoms with Gasteiger partial charge in [-0.1, -0.05) is 78.9 Å². The van der Waals surface area contributed by atoms with Gasteiger partial charge in [-0.05, 0) is 24.5 Å². The lowest BCUT2D eigenvalue weighted by molar-refractivity contribution is -0.136. The van der Waals surface area contributed by atoms with Gasteiger partial charge < -0.3 is 4.74 Å². The minimum absolute atomic E-state index is 0.276. The van der Waals surface area contributed by atoms with Crippen molar-refractivity contribution in [3.63, 3.8) is 0 Å². The van der Waals surface area contributed by atoms with Gasteiger partial charge in [0.15, 0.2) is 0 Å². The van der Waals surface area contributed by atoms with Gasteiger partial charge in [0.05, 0.1) is 12.2 Å². The first-order valence-corrected chi connectivity index (χ1v) is 7.45. The molecule has 2 nitrogen and oxygen atoms in total. The second kappa shape index (κ2) is 8.63. The minimum atomic E-state index is -0.276. The van der Waals surface area contributed by atoms with Gasteiger partial charge in [-0.2, -0.15) is 0 Å². The number of carbonyl (C=O) groups excluding carboxylic acids is 1. The van der Waals surface area contributed by atoms with Gasteiger partial charge in [-0.25, -0.2) is 4.79 Å². The van der Waals surface area contributed by atoms with Crippen LogP contribution in [-0.4, -0.2) is 12.6 Å². The molecular weight excluding hydrogens is 272 g/mol. The zero-order chi connectivity index (χ0) is 15.6. The van der Waals surface area contributed by atoms with Crippen molar-refractivity contribution in [2.24, 2.45) is 0 Å². The van der Waals surface area contributed by atoms with E-state index in [-0.39, 0.29) is 5.97 Å². The number of allylic oxidation sites excluding steroid dienone is 2. The van der Waals surface area contributed by atoms with Crippen LogP contribution in [0, 0.1) is 0 Å². The molecule has 0 bridgehead atoms. The average Bonchev–Trinajstić information content (AvgIpc) is 2.57. The smallest absolute Gasteiger partial charge is 0.338 e. The molecule has 0 aliphatic heterocycles. The molecule has 0 fully saturated rings. The third kappa shape index (κ3) is 4.74. The summed E-state index contributed by atoms with van der Waals surface area (Å²) in [5.41, 5.74) is 2.64. The van der Waals surface area contributed by atoms with Crippen LogP contribution < -0.4 is 0 Å². The molecule has 2 rings (SSSR count). The lowest BCUT2D eigenvalue weighted by atomic mass is 10.0. The van der Waals surface area contributed by atoms with Crippen LogP contribution in [0.2, 0.25) is 0 Å². The van der Waals surface area contributed by atoms with Gasteiger partial charge in [0.2, 0.25) is 0 Å². The van der Waals surface area contributed by atoms with Crippen LogP contribution in [0.3, 0.4) is 0 Å². The van der Waals surface area contributed by atoms with Gasteiger partial charge in [0.1, 0.15) is 0 Å². The fourth-order valence-electron chi connectivity index (χ4n) is 2.10. The van der Waals surface area contributed by atoms with E-state index in [1.807, 2.05) is 85.8 Å². The summed E-state index contributed by atoms with van der Waals surface area (Å²) >= 11 is 0. The molecule has 0 amide bonds. The van der Waals surface area contributed by atoms with Crippen LogP contribution in [0.15, 0.2) is 72.8 Å². The first kappa shape index (κ1) is 15.8. The Kier molecular flexibility index (Phi) is 6.18. The Morgan fingerprint density at radius 1 is 1.00 bits per heavy atom. The largest absolute Gasteiger partial charge is 0.462 e. The molecule has 0 saturated heterocycles. The van der Waals surface area contributed by atoms with E-state index in [4.69, 9.17) is 4.74 Å². The highest BCUT2D eigenvalue weighted by atomic mass is 16.5. The summed E-state index contributed by atoms with van der Waals surface area (Å²) in [6, 6.07) is 19.7. The molecule has 0 aliphatic carbocycles. The van der Waals surface area contributed by atoms with Crippen LogP contribution in [0.4, 0.5) is 0 Å². The fourth-order valence-corrected chi connectivity index (χ4v) is 2.10.